The van der Waals surface area contributed by atoms with E-state index in [2.05, 4.69) is 35.2 Å². The van der Waals surface area contributed by atoms with Crippen molar-refractivity contribution in [2.75, 3.05) is 31.6 Å². The van der Waals surface area contributed by atoms with Gasteiger partial charge < -0.3 is 14.5 Å². The maximum Gasteiger partial charge on any atom is 0.275 e. The average Bonchev–Trinajstić information content (AvgIpc) is 3.08. The number of carbonyl (C=O) groups is 1. The second-order valence-electron chi connectivity index (χ2n) is 7.75. The van der Waals surface area contributed by atoms with Crippen molar-refractivity contribution in [1.29, 1.82) is 0 Å². The van der Waals surface area contributed by atoms with Crippen molar-refractivity contribution in [2.24, 2.45) is 0 Å². The molecule has 5 rings (SSSR count). The number of para-hydroxylation sites is 2. The van der Waals surface area contributed by atoms with Gasteiger partial charge in [0.2, 0.25) is 0 Å². The zero-order chi connectivity index (χ0) is 19.8. The van der Waals surface area contributed by atoms with Crippen molar-refractivity contribution in [2.45, 2.75) is 19.0 Å². The fourth-order valence-electron chi connectivity index (χ4n) is 4.24. The van der Waals surface area contributed by atoms with Crippen LogP contribution in [0.4, 0.5) is 5.69 Å². The summed E-state index contributed by atoms with van der Waals surface area (Å²) in [7, 11) is 2.05. The highest BCUT2D eigenvalue weighted by molar-refractivity contribution is 5.95. The molecule has 0 unspecified atom stereocenters. The van der Waals surface area contributed by atoms with Crippen LogP contribution in [0.3, 0.4) is 0 Å². The molecule has 0 radical (unpaired) electrons. The SMILES string of the molecule is CN1C[C@H](N2CCc3cn(Cc4ccccc4)nc3C2=O)COc2ccccc21. The van der Waals surface area contributed by atoms with Crippen molar-refractivity contribution < 1.29 is 9.53 Å². The third-order valence-corrected chi connectivity index (χ3v) is 5.74. The summed E-state index contributed by atoms with van der Waals surface area (Å²) in [4.78, 5) is 17.4. The van der Waals surface area contributed by atoms with Gasteiger partial charge in [-0.15, -0.1) is 0 Å². The van der Waals surface area contributed by atoms with Crippen molar-refractivity contribution in [3.05, 3.63) is 77.6 Å². The summed E-state index contributed by atoms with van der Waals surface area (Å²) in [6.45, 7) is 2.60. The quantitative estimate of drug-likeness (QED) is 0.692. The number of anilines is 1. The van der Waals surface area contributed by atoms with Gasteiger partial charge in [0.05, 0.1) is 18.3 Å². The molecule has 3 aromatic rings. The first kappa shape index (κ1) is 17.8. The Morgan fingerprint density at radius 3 is 2.76 bits per heavy atom. The Hall–Kier alpha value is -3.28. The summed E-state index contributed by atoms with van der Waals surface area (Å²) in [5, 5.41) is 4.63. The van der Waals surface area contributed by atoms with E-state index in [1.54, 1.807) is 0 Å². The van der Waals surface area contributed by atoms with Crippen molar-refractivity contribution >= 4 is 11.6 Å². The molecule has 2 aliphatic rings. The maximum absolute atomic E-state index is 13.2. The lowest BCUT2D eigenvalue weighted by molar-refractivity contribution is 0.0604. The van der Waals surface area contributed by atoms with Crippen LogP contribution < -0.4 is 9.64 Å². The van der Waals surface area contributed by atoms with E-state index in [-0.39, 0.29) is 11.9 Å². The van der Waals surface area contributed by atoms with Crippen LogP contribution in [-0.4, -0.2) is 53.4 Å². The lowest BCUT2D eigenvalue weighted by atomic mass is 10.0. The minimum atomic E-state index is -0.00711. The van der Waals surface area contributed by atoms with Crippen LogP contribution in [0.1, 0.15) is 21.6 Å². The van der Waals surface area contributed by atoms with Gasteiger partial charge in [-0.2, -0.15) is 5.10 Å². The highest BCUT2D eigenvalue weighted by Crippen LogP contribution is 2.31. The first-order valence-electron chi connectivity index (χ1n) is 10.0. The summed E-state index contributed by atoms with van der Waals surface area (Å²) >= 11 is 0. The second-order valence-corrected chi connectivity index (χ2v) is 7.75. The molecule has 3 heterocycles. The van der Waals surface area contributed by atoms with Crippen LogP contribution in [0.25, 0.3) is 0 Å². The van der Waals surface area contributed by atoms with Gasteiger partial charge in [-0.3, -0.25) is 9.48 Å². The van der Waals surface area contributed by atoms with Crippen molar-refractivity contribution in [1.82, 2.24) is 14.7 Å². The Morgan fingerprint density at radius 2 is 1.90 bits per heavy atom. The van der Waals surface area contributed by atoms with Gasteiger partial charge in [-0.25, -0.2) is 0 Å². The van der Waals surface area contributed by atoms with Crippen LogP contribution >= 0.6 is 0 Å². The Morgan fingerprint density at radius 1 is 1.10 bits per heavy atom. The van der Waals surface area contributed by atoms with Crippen LogP contribution in [0.15, 0.2) is 60.8 Å². The van der Waals surface area contributed by atoms with E-state index in [0.717, 1.165) is 30.0 Å². The number of likely N-dealkylation sites (N-methyl/N-ethyl adjacent to an activating group) is 1. The molecule has 0 saturated carbocycles. The fourth-order valence-corrected chi connectivity index (χ4v) is 4.24. The smallest absolute Gasteiger partial charge is 0.275 e. The van der Waals surface area contributed by atoms with Gasteiger partial charge >= 0.3 is 0 Å². The molecule has 1 atom stereocenters. The van der Waals surface area contributed by atoms with E-state index in [9.17, 15) is 4.79 Å². The third-order valence-electron chi connectivity index (χ3n) is 5.74. The fraction of sp³-hybridized carbons (Fsp3) is 0.304. The predicted molar refractivity (Wildman–Crippen MR) is 112 cm³/mol. The van der Waals surface area contributed by atoms with Crippen LogP contribution in [0.5, 0.6) is 5.75 Å². The summed E-state index contributed by atoms with van der Waals surface area (Å²) in [6.07, 6.45) is 2.84. The Labute approximate surface area is 170 Å². The van der Waals surface area contributed by atoms with Gasteiger partial charge in [0, 0.05) is 31.9 Å². The highest BCUT2D eigenvalue weighted by Gasteiger charge is 2.34. The molecule has 29 heavy (non-hydrogen) atoms. The third kappa shape index (κ3) is 3.35. The minimum Gasteiger partial charge on any atom is -0.489 e. The summed E-state index contributed by atoms with van der Waals surface area (Å²) < 4.78 is 7.93. The normalized spacial score (nSPS) is 18.7. The standard InChI is InChI=1S/C23H24N4O2/c1-25-15-19(16-29-21-10-6-5-9-20(21)25)27-12-11-18-14-26(24-22(18)23(27)28)13-17-7-3-2-4-8-17/h2-10,14,19H,11-13,15-16H2,1H3/t19-/m0/s1. The first-order chi connectivity index (χ1) is 14.2. The van der Waals surface area contributed by atoms with Gasteiger partial charge in [-0.05, 0) is 24.1 Å². The van der Waals surface area contributed by atoms with Gasteiger partial charge in [0.1, 0.15) is 12.4 Å². The lowest BCUT2D eigenvalue weighted by Crippen LogP contribution is -2.51. The number of rotatable bonds is 3. The predicted octanol–water partition coefficient (Wildman–Crippen LogP) is 2.83. The van der Waals surface area contributed by atoms with Crippen molar-refractivity contribution in [3.8, 4) is 5.75 Å². The molecule has 0 N–H and O–H groups in total. The van der Waals surface area contributed by atoms with Crippen LogP contribution in [-0.2, 0) is 13.0 Å². The molecule has 1 amide bonds. The number of ether oxygens (including phenoxy) is 1. The van der Waals surface area contributed by atoms with E-state index in [1.165, 1.54) is 5.56 Å². The van der Waals surface area contributed by atoms with Crippen LogP contribution in [0.2, 0.25) is 0 Å². The molecule has 2 aliphatic heterocycles. The Bertz CT molecular complexity index is 1030. The molecule has 6 heteroatoms. The van der Waals surface area contributed by atoms with Gasteiger partial charge in [0.15, 0.2) is 5.69 Å². The zero-order valence-corrected chi connectivity index (χ0v) is 16.5. The number of hydrogen-bond donors (Lipinski definition) is 0. The summed E-state index contributed by atoms with van der Waals surface area (Å²) in [6, 6.07) is 18.2. The number of nitrogens with zero attached hydrogens (tertiary/aromatic N) is 4. The van der Waals surface area contributed by atoms with Crippen molar-refractivity contribution in [3.63, 3.8) is 0 Å². The molecule has 0 fully saturated rings. The monoisotopic (exact) mass is 388 g/mol. The molecule has 148 valence electrons. The maximum atomic E-state index is 13.2. The Kier molecular flexibility index (Phi) is 4.46. The molecular formula is C23H24N4O2. The molecule has 0 bridgehead atoms. The summed E-state index contributed by atoms with van der Waals surface area (Å²) in [5.74, 6) is 0.876. The number of benzene rings is 2. The molecule has 0 aliphatic carbocycles. The summed E-state index contributed by atoms with van der Waals surface area (Å²) in [5.41, 5.74) is 3.85. The largest absolute Gasteiger partial charge is 0.489 e. The molecule has 0 saturated heterocycles. The minimum absolute atomic E-state index is 0.00557. The number of amides is 1. The number of carbonyl (C=O) groups excluding carboxylic acids is 1. The molecular weight excluding hydrogens is 364 g/mol. The van der Waals surface area contributed by atoms with Gasteiger partial charge in [-0.1, -0.05) is 42.5 Å². The molecule has 2 aromatic carbocycles. The highest BCUT2D eigenvalue weighted by atomic mass is 16.5. The Balaban J connectivity index is 1.35. The van der Waals surface area contributed by atoms with E-state index in [0.29, 0.717) is 25.4 Å². The lowest BCUT2D eigenvalue weighted by Gasteiger charge is -2.34. The number of fused-ring (bicyclic) bond motifs is 2. The number of aromatic nitrogens is 2. The van der Waals surface area contributed by atoms with E-state index >= 15 is 0 Å². The topological polar surface area (TPSA) is 50.6 Å². The molecule has 0 spiro atoms. The molecule has 1 aromatic heterocycles. The zero-order valence-electron chi connectivity index (χ0n) is 16.5. The van der Waals surface area contributed by atoms with Crippen LogP contribution in [0, 0.1) is 0 Å². The average molecular weight is 388 g/mol. The second kappa shape index (κ2) is 7.28. The molecule has 6 nitrogen and oxygen atoms in total. The number of hydrogen-bond acceptors (Lipinski definition) is 4. The first-order valence-corrected chi connectivity index (χ1v) is 10.0. The van der Waals surface area contributed by atoms with E-state index < -0.39 is 0 Å². The van der Waals surface area contributed by atoms with E-state index in [4.69, 9.17) is 4.74 Å². The van der Waals surface area contributed by atoms with Gasteiger partial charge in [0.25, 0.3) is 5.91 Å². The van der Waals surface area contributed by atoms with E-state index in [1.807, 2.05) is 52.2 Å².